The van der Waals surface area contributed by atoms with Crippen molar-refractivity contribution in [2.75, 3.05) is 11.8 Å². The van der Waals surface area contributed by atoms with Gasteiger partial charge < -0.3 is 25.2 Å². The van der Waals surface area contributed by atoms with Crippen molar-refractivity contribution in [1.29, 1.82) is 0 Å². The van der Waals surface area contributed by atoms with Gasteiger partial charge >= 0.3 is 0 Å². The van der Waals surface area contributed by atoms with Crippen molar-refractivity contribution < 1.29 is 35.6 Å². The van der Waals surface area contributed by atoms with Crippen molar-refractivity contribution >= 4 is 17.4 Å². The minimum atomic E-state index is -1.42. The Balaban J connectivity index is 2.07. The summed E-state index contributed by atoms with van der Waals surface area (Å²) in [6, 6.07) is 6.01. The zero-order valence-corrected chi connectivity index (χ0v) is 11.7. The van der Waals surface area contributed by atoms with E-state index in [4.69, 9.17) is 20.3 Å². The maximum Gasteiger partial charge on any atom is 0.136 e. The van der Waals surface area contributed by atoms with Gasteiger partial charge in [0, 0.05) is 4.90 Å². The van der Waals surface area contributed by atoms with E-state index < -0.39 is 36.5 Å². The van der Waals surface area contributed by atoms with E-state index in [1.54, 1.807) is 12.1 Å². The first kappa shape index (κ1) is 16.5. The fraction of sp³-hybridized carbons (Fsp3) is 0.500. The molecule has 1 fully saturated rings. The van der Waals surface area contributed by atoms with Gasteiger partial charge in [-0.1, -0.05) is 11.8 Å². The number of hydrogen-bond donors (Lipinski definition) is 6. The van der Waals surface area contributed by atoms with Crippen LogP contribution in [0.25, 0.3) is 0 Å². The maximum atomic E-state index is 9.90. The summed E-state index contributed by atoms with van der Waals surface area (Å²) in [5, 5.41) is 56.0. The highest BCUT2D eigenvalue weighted by Crippen LogP contribution is 2.33. The molecular formula is C12H17NO7S. The molecule has 0 aromatic heterocycles. The van der Waals surface area contributed by atoms with Crippen LogP contribution in [0.15, 0.2) is 29.2 Å². The van der Waals surface area contributed by atoms with Crippen molar-refractivity contribution in [3.8, 4) is 0 Å². The van der Waals surface area contributed by atoms with Crippen LogP contribution in [-0.2, 0) is 4.74 Å². The molecule has 0 saturated carbocycles. The molecule has 0 bridgehead atoms. The topological polar surface area (TPSA) is 134 Å². The third-order valence-electron chi connectivity index (χ3n) is 3.17. The summed E-state index contributed by atoms with van der Waals surface area (Å²) in [6.07, 6.45) is -5.08. The Bertz CT molecular complexity index is 455. The van der Waals surface area contributed by atoms with E-state index in [1.165, 1.54) is 12.1 Å². The maximum absolute atomic E-state index is 9.90. The second-order valence-corrected chi connectivity index (χ2v) is 5.77. The van der Waals surface area contributed by atoms with E-state index in [1.807, 2.05) is 0 Å². The third-order valence-corrected chi connectivity index (χ3v) is 4.33. The van der Waals surface area contributed by atoms with Gasteiger partial charge in [0.1, 0.15) is 29.9 Å². The minimum absolute atomic E-state index is 0.0255. The van der Waals surface area contributed by atoms with E-state index in [0.29, 0.717) is 4.90 Å². The number of anilines is 1. The lowest BCUT2D eigenvalue weighted by atomic mass is 10.0. The molecule has 1 aliphatic rings. The largest absolute Gasteiger partial charge is 0.394 e. The van der Waals surface area contributed by atoms with Crippen molar-refractivity contribution in [1.82, 2.24) is 0 Å². The Morgan fingerprint density at radius 3 is 2.14 bits per heavy atom. The van der Waals surface area contributed by atoms with Gasteiger partial charge in [-0.15, -0.1) is 5.23 Å². The summed E-state index contributed by atoms with van der Waals surface area (Å²) in [5.74, 6) is 0. The molecule has 118 valence electrons. The van der Waals surface area contributed by atoms with E-state index in [-0.39, 0.29) is 10.9 Å². The van der Waals surface area contributed by atoms with Crippen molar-refractivity contribution in [3.63, 3.8) is 0 Å². The first-order chi connectivity index (χ1) is 9.93. The fourth-order valence-electron chi connectivity index (χ4n) is 1.96. The standard InChI is InChI=1S/C12H17NO7S/c14-5-8-9(15)10(16)11(17)12(20-8)21-7-3-1-6(2-4-7)13(18)19/h1-4,8-12,14-19H,5H2. The fourth-order valence-corrected chi connectivity index (χ4v) is 3.02. The van der Waals surface area contributed by atoms with Gasteiger partial charge in [-0.2, -0.15) is 0 Å². The monoisotopic (exact) mass is 319 g/mol. The lowest BCUT2D eigenvalue weighted by Crippen LogP contribution is -2.57. The second-order valence-electron chi connectivity index (χ2n) is 4.60. The summed E-state index contributed by atoms with van der Waals surface area (Å²) in [4.78, 5) is 0.643. The molecule has 5 atom stereocenters. The summed E-state index contributed by atoms with van der Waals surface area (Å²) in [7, 11) is 0. The summed E-state index contributed by atoms with van der Waals surface area (Å²) in [5.41, 5.74) is -0.709. The normalized spacial score (nSPS) is 33.0. The van der Waals surface area contributed by atoms with Gasteiger partial charge in [-0.05, 0) is 24.3 Å². The number of aliphatic hydroxyl groups is 4. The van der Waals surface area contributed by atoms with Gasteiger partial charge in [0.05, 0.1) is 12.3 Å². The van der Waals surface area contributed by atoms with Crippen LogP contribution in [0.2, 0.25) is 0 Å². The van der Waals surface area contributed by atoms with E-state index in [0.717, 1.165) is 11.8 Å². The summed E-state index contributed by atoms with van der Waals surface area (Å²) < 4.78 is 5.36. The average Bonchev–Trinajstić information content (AvgIpc) is 2.48. The van der Waals surface area contributed by atoms with Crippen molar-refractivity contribution in [2.45, 2.75) is 34.7 Å². The van der Waals surface area contributed by atoms with Crippen LogP contribution in [0, 0.1) is 0 Å². The van der Waals surface area contributed by atoms with Gasteiger partial charge in [0.15, 0.2) is 0 Å². The van der Waals surface area contributed by atoms with E-state index >= 15 is 0 Å². The van der Waals surface area contributed by atoms with Gasteiger partial charge in [0.2, 0.25) is 0 Å². The number of thioether (sulfide) groups is 1. The predicted octanol–water partition coefficient (Wildman–Crippen LogP) is -0.837. The highest BCUT2D eigenvalue weighted by molar-refractivity contribution is 7.99. The molecule has 6 N–H and O–H groups in total. The zero-order valence-electron chi connectivity index (χ0n) is 10.9. The average molecular weight is 319 g/mol. The smallest absolute Gasteiger partial charge is 0.136 e. The Hall–Kier alpha value is -0.910. The number of nitrogens with zero attached hydrogens (tertiary/aromatic N) is 1. The molecule has 1 aromatic carbocycles. The molecule has 1 saturated heterocycles. The van der Waals surface area contributed by atoms with Gasteiger partial charge in [-0.25, -0.2) is 0 Å². The Morgan fingerprint density at radius 1 is 1.00 bits per heavy atom. The van der Waals surface area contributed by atoms with E-state index in [2.05, 4.69) is 0 Å². The number of benzene rings is 1. The highest BCUT2D eigenvalue weighted by Gasteiger charge is 2.43. The molecule has 8 nitrogen and oxygen atoms in total. The van der Waals surface area contributed by atoms with Crippen LogP contribution in [0.4, 0.5) is 5.69 Å². The van der Waals surface area contributed by atoms with Crippen LogP contribution in [0.3, 0.4) is 0 Å². The second kappa shape index (κ2) is 6.90. The third kappa shape index (κ3) is 3.65. The predicted molar refractivity (Wildman–Crippen MR) is 72.1 cm³/mol. The first-order valence-electron chi connectivity index (χ1n) is 6.19. The summed E-state index contributed by atoms with van der Waals surface area (Å²) >= 11 is 1.08. The molecule has 1 heterocycles. The zero-order chi connectivity index (χ0) is 15.6. The number of ether oxygens (including phenoxy) is 1. The van der Waals surface area contributed by atoms with Crippen LogP contribution in [0.5, 0.6) is 0 Å². The van der Waals surface area contributed by atoms with Crippen LogP contribution in [-0.4, -0.2) is 67.3 Å². The molecule has 0 spiro atoms. The molecule has 0 aliphatic carbocycles. The Kier molecular flexibility index (Phi) is 5.41. The van der Waals surface area contributed by atoms with Gasteiger partial charge in [0.25, 0.3) is 0 Å². The number of rotatable bonds is 4. The molecule has 0 amide bonds. The van der Waals surface area contributed by atoms with Crippen LogP contribution < -0.4 is 5.23 Å². The summed E-state index contributed by atoms with van der Waals surface area (Å²) in [6.45, 7) is -0.481. The van der Waals surface area contributed by atoms with Crippen molar-refractivity contribution in [3.05, 3.63) is 24.3 Å². The molecule has 21 heavy (non-hydrogen) atoms. The Morgan fingerprint density at radius 2 is 1.62 bits per heavy atom. The molecular weight excluding hydrogens is 302 g/mol. The van der Waals surface area contributed by atoms with Crippen LogP contribution in [0.1, 0.15) is 0 Å². The molecule has 2 rings (SSSR count). The highest BCUT2D eigenvalue weighted by atomic mass is 32.2. The molecule has 1 aliphatic heterocycles. The molecule has 5 unspecified atom stereocenters. The lowest BCUT2D eigenvalue weighted by Gasteiger charge is -2.39. The molecule has 0 radical (unpaired) electrons. The van der Waals surface area contributed by atoms with Crippen molar-refractivity contribution in [2.24, 2.45) is 0 Å². The van der Waals surface area contributed by atoms with E-state index in [9.17, 15) is 15.3 Å². The number of hydrogen-bond acceptors (Lipinski definition) is 9. The number of aliphatic hydroxyl groups excluding tert-OH is 4. The molecule has 9 heteroatoms. The lowest BCUT2D eigenvalue weighted by molar-refractivity contribution is -0.205. The van der Waals surface area contributed by atoms with Gasteiger partial charge in [-0.3, -0.25) is 10.4 Å². The first-order valence-corrected chi connectivity index (χ1v) is 7.07. The molecule has 1 aromatic rings. The minimum Gasteiger partial charge on any atom is -0.394 e. The van der Waals surface area contributed by atoms with Crippen LogP contribution >= 0.6 is 11.8 Å². The quantitative estimate of drug-likeness (QED) is 0.393. The SMILES string of the molecule is OCC1OC(Sc2ccc(N(O)O)cc2)C(O)C(O)C1O. The Labute approximate surface area is 124 Å².